The van der Waals surface area contributed by atoms with Crippen molar-refractivity contribution in [2.75, 3.05) is 26.2 Å². The van der Waals surface area contributed by atoms with E-state index in [1.165, 1.54) is 0 Å². The SMILES string of the molecule is Cc1onc(-c2ccccc2)c1C(=O)N1CC[C@@H]2CNC[C@@H]2CC1.Cl. The molecule has 0 bridgehead atoms. The van der Waals surface area contributed by atoms with Crippen molar-refractivity contribution >= 4 is 18.3 Å². The zero-order valence-electron chi connectivity index (χ0n) is 14.4. The number of aromatic nitrogens is 1. The van der Waals surface area contributed by atoms with Crippen molar-refractivity contribution in [1.82, 2.24) is 15.4 Å². The van der Waals surface area contributed by atoms with Crippen molar-refractivity contribution < 1.29 is 9.32 Å². The molecule has 0 unspecified atom stereocenters. The molecule has 1 N–H and O–H groups in total. The predicted octanol–water partition coefficient (Wildman–Crippen LogP) is 3.14. The molecule has 4 rings (SSSR count). The van der Waals surface area contributed by atoms with Crippen molar-refractivity contribution in [3.8, 4) is 11.3 Å². The van der Waals surface area contributed by atoms with Gasteiger partial charge in [-0.05, 0) is 44.7 Å². The van der Waals surface area contributed by atoms with Gasteiger partial charge in [-0.15, -0.1) is 12.4 Å². The summed E-state index contributed by atoms with van der Waals surface area (Å²) in [5, 5.41) is 7.63. The number of hydrogen-bond donors (Lipinski definition) is 1. The van der Waals surface area contributed by atoms with Gasteiger partial charge in [-0.25, -0.2) is 0 Å². The van der Waals surface area contributed by atoms with Gasteiger partial charge in [-0.3, -0.25) is 4.79 Å². The zero-order chi connectivity index (χ0) is 16.5. The fraction of sp³-hybridized carbons (Fsp3) is 0.474. The number of rotatable bonds is 2. The number of halogens is 1. The predicted molar refractivity (Wildman–Crippen MR) is 98.9 cm³/mol. The molecule has 1 aromatic carbocycles. The summed E-state index contributed by atoms with van der Waals surface area (Å²) in [6.07, 6.45) is 2.16. The first-order valence-corrected chi connectivity index (χ1v) is 8.75. The van der Waals surface area contributed by atoms with Crippen LogP contribution < -0.4 is 5.32 Å². The average molecular weight is 362 g/mol. The Hall–Kier alpha value is -1.85. The maximum Gasteiger partial charge on any atom is 0.259 e. The van der Waals surface area contributed by atoms with Gasteiger partial charge in [0.05, 0.1) is 0 Å². The number of likely N-dealkylation sites (tertiary alicyclic amines) is 1. The van der Waals surface area contributed by atoms with E-state index in [4.69, 9.17) is 4.52 Å². The molecule has 2 atom stereocenters. The van der Waals surface area contributed by atoms with Gasteiger partial charge in [0.1, 0.15) is 17.0 Å². The van der Waals surface area contributed by atoms with Crippen LogP contribution in [-0.2, 0) is 0 Å². The quantitative estimate of drug-likeness (QED) is 0.892. The molecule has 0 radical (unpaired) electrons. The van der Waals surface area contributed by atoms with Crippen LogP contribution in [0.5, 0.6) is 0 Å². The molecule has 0 saturated carbocycles. The normalized spacial score (nSPS) is 22.8. The molecule has 2 aliphatic heterocycles. The summed E-state index contributed by atoms with van der Waals surface area (Å²) in [6, 6.07) is 9.79. The number of nitrogens with zero attached hydrogens (tertiary/aromatic N) is 2. The highest BCUT2D eigenvalue weighted by molar-refractivity contribution is 6.00. The highest BCUT2D eigenvalue weighted by atomic mass is 35.5. The molecule has 3 heterocycles. The van der Waals surface area contributed by atoms with Crippen molar-refractivity contribution in [3.05, 3.63) is 41.7 Å². The molecule has 2 aliphatic rings. The third-order valence-corrected chi connectivity index (χ3v) is 5.43. The van der Waals surface area contributed by atoms with E-state index in [1.807, 2.05) is 42.2 Å². The average Bonchev–Trinajstić information content (AvgIpc) is 3.16. The van der Waals surface area contributed by atoms with Crippen LogP contribution >= 0.6 is 12.4 Å². The lowest BCUT2D eigenvalue weighted by molar-refractivity contribution is 0.0757. The van der Waals surface area contributed by atoms with Crippen molar-refractivity contribution in [2.45, 2.75) is 19.8 Å². The van der Waals surface area contributed by atoms with E-state index in [9.17, 15) is 4.79 Å². The first kappa shape index (κ1) is 18.0. The van der Waals surface area contributed by atoms with E-state index in [0.29, 0.717) is 28.9 Å². The minimum Gasteiger partial charge on any atom is -0.360 e. The molecular weight excluding hydrogens is 338 g/mol. The summed E-state index contributed by atoms with van der Waals surface area (Å²) in [4.78, 5) is 15.1. The molecule has 5 nitrogen and oxygen atoms in total. The lowest BCUT2D eigenvalue weighted by atomic mass is 9.92. The summed E-state index contributed by atoms with van der Waals surface area (Å²) >= 11 is 0. The van der Waals surface area contributed by atoms with Crippen LogP contribution in [0.1, 0.15) is 29.0 Å². The molecule has 6 heteroatoms. The maximum atomic E-state index is 13.2. The lowest BCUT2D eigenvalue weighted by Crippen LogP contribution is -2.33. The minimum atomic E-state index is 0. The number of aryl methyl sites for hydroxylation is 1. The van der Waals surface area contributed by atoms with Gasteiger partial charge < -0.3 is 14.7 Å². The second kappa shape index (κ2) is 7.58. The first-order valence-electron chi connectivity index (χ1n) is 8.75. The summed E-state index contributed by atoms with van der Waals surface area (Å²) in [5.74, 6) is 2.07. The van der Waals surface area contributed by atoms with Gasteiger partial charge in [-0.2, -0.15) is 0 Å². The van der Waals surface area contributed by atoms with Crippen LogP contribution in [-0.4, -0.2) is 42.1 Å². The summed E-state index contributed by atoms with van der Waals surface area (Å²) in [5.41, 5.74) is 2.20. The van der Waals surface area contributed by atoms with Crippen molar-refractivity contribution in [2.24, 2.45) is 11.8 Å². The molecule has 1 aromatic heterocycles. The largest absolute Gasteiger partial charge is 0.360 e. The summed E-state index contributed by atoms with van der Waals surface area (Å²) < 4.78 is 5.36. The van der Waals surface area contributed by atoms with E-state index in [2.05, 4.69) is 10.5 Å². The van der Waals surface area contributed by atoms with E-state index >= 15 is 0 Å². The Balaban J connectivity index is 0.00000182. The smallest absolute Gasteiger partial charge is 0.259 e. The molecule has 2 saturated heterocycles. The number of carbonyl (C=O) groups excluding carboxylic acids is 1. The van der Waals surface area contributed by atoms with Gasteiger partial charge in [0.15, 0.2) is 0 Å². The molecule has 0 aliphatic carbocycles. The van der Waals surface area contributed by atoms with Crippen LogP contribution in [0, 0.1) is 18.8 Å². The van der Waals surface area contributed by atoms with Crippen LogP contribution in [0.2, 0.25) is 0 Å². The van der Waals surface area contributed by atoms with Crippen LogP contribution in [0.3, 0.4) is 0 Å². The fourth-order valence-corrected chi connectivity index (χ4v) is 4.00. The van der Waals surface area contributed by atoms with Crippen molar-refractivity contribution in [3.63, 3.8) is 0 Å². The van der Waals surface area contributed by atoms with Gasteiger partial charge in [0.2, 0.25) is 0 Å². The van der Waals surface area contributed by atoms with Crippen molar-refractivity contribution in [1.29, 1.82) is 0 Å². The van der Waals surface area contributed by atoms with E-state index in [1.54, 1.807) is 0 Å². The minimum absolute atomic E-state index is 0. The summed E-state index contributed by atoms with van der Waals surface area (Å²) in [6.45, 7) is 5.65. The van der Waals surface area contributed by atoms with Gasteiger partial charge in [-0.1, -0.05) is 35.5 Å². The van der Waals surface area contributed by atoms with Gasteiger partial charge in [0.25, 0.3) is 5.91 Å². The van der Waals surface area contributed by atoms with E-state index < -0.39 is 0 Å². The standard InChI is InChI=1S/C19H23N3O2.ClH/c1-13-17(18(21-24-13)14-5-3-2-4-6-14)19(23)22-9-7-15-11-20-12-16(15)8-10-22;/h2-6,15-16,20H,7-12H2,1H3;1H/t15-,16+;. The number of hydrogen-bond acceptors (Lipinski definition) is 4. The molecule has 2 aromatic rings. The number of nitrogens with one attached hydrogen (secondary N) is 1. The zero-order valence-corrected chi connectivity index (χ0v) is 15.2. The Morgan fingerprint density at radius 3 is 2.44 bits per heavy atom. The second-order valence-corrected chi connectivity index (χ2v) is 6.88. The highest BCUT2D eigenvalue weighted by Crippen LogP contribution is 2.30. The Morgan fingerprint density at radius 2 is 1.80 bits per heavy atom. The maximum absolute atomic E-state index is 13.2. The van der Waals surface area contributed by atoms with Gasteiger partial charge in [0, 0.05) is 18.7 Å². The van der Waals surface area contributed by atoms with Gasteiger partial charge >= 0.3 is 0 Å². The third-order valence-electron chi connectivity index (χ3n) is 5.43. The number of amides is 1. The fourth-order valence-electron chi connectivity index (χ4n) is 4.00. The Bertz CT molecular complexity index is 718. The third kappa shape index (κ3) is 3.44. The Morgan fingerprint density at radius 1 is 1.16 bits per heavy atom. The molecule has 0 spiro atoms. The Labute approximate surface area is 154 Å². The van der Waals surface area contributed by atoms with Crippen LogP contribution in [0.4, 0.5) is 0 Å². The topological polar surface area (TPSA) is 58.4 Å². The number of benzene rings is 1. The monoisotopic (exact) mass is 361 g/mol. The lowest BCUT2D eigenvalue weighted by Gasteiger charge is -2.21. The van der Waals surface area contributed by atoms with E-state index in [0.717, 1.165) is 44.6 Å². The molecule has 1 amide bonds. The number of carbonyl (C=O) groups is 1. The first-order chi connectivity index (χ1) is 11.7. The second-order valence-electron chi connectivity index (χ2n) is 6.88. The van der Waals surface area contributed by atoms with Crippen LogP contribution in [0.15, 0.2) is 34.9 Å². The molecule has 134 valence electrons. The number of fused-ring (bicyclic) bond motifs is 1. The highest BCUT2D eigenvalue weighted by Gasteiger charge is 2.33. The Kier molecular flexibility index (Phi) is 5.45. The van der Waals surface area contributed by atoms with E-state index in [-0.39, 0.29) is 18.3 Å². The molecular formula is C19H24ClN3O2. The van der Waals surface area contributed by atoms with Crippen LogP contribution in [0.25, 0.3) is 11.3 Å². The molecule has 25 heavy (non-hydrogen) atoms. The summed E-state index contributed by atoms with van der Waals surface area (Å²) in [7, 11) is 0. The molecule has 2 fully saturated rings.